The molecule has 8 fully saturated rings. The lowest BCUT2D eigenvalue weighted by atomic mass is 9.27. The van der Waals surface area contributed by atoms with Gasteiger partial charge in [0.1, 0.15) is 11.5 Å². The number of hydrogen-bond donors (Lipinski definition) is 4. The van der Waals surface area contributed by atoms with E-state index in [1.807, 2.05) is 12.1 Å². The first-order chi connectivity index (χ1) is 21.0. The molecule has 0 heterocycles. The molecule has 8 bridgehead atoms. The SMILES string of the molecule is CCCCC12CC3CC(c4ccc(O)c(N)c4)(C1)CC(C14CC5CC(CCCC)(CC(c6ccc(O)c(N)c6)(C5)C1)C4)(C3)C2. The molecule has 10 rings (SSSR count). The van der Waals surface area contributed by atoms with Crippen LogP contribution in [0.5, 0.6) is 11.5 Å². The third kappa shape index (κ3) is 4.07. The first-order valence-electron chi connectivity index (χ1n) is 18.2. The summed E-state index contributed by atoms with van der Waals surface area (Å²) in [6.07, 6.45) is 24.3. The van der Waals surface area contributed by atoms with E-state index in [-0.39, 0.29) is 22.3 Å². The molecule has 8 aliphatic carbocycles. The first kappa shape index (κ1) is 29.1. The lowest BCUT2D eigenvalue weighted by Crippen LogP contribution is -2.69. The number of aromatic hydroxyl groups is 2. The Morgan fingerprint density at radius 1 is 0.591 bits per heavy atom. The molecule has 8 saturated carbocycles. The molecule has 8 atom stereocenters. The minimum Gasteiger partial charge on any atom is -0.506 e. The van der Waals surface area contributed by atoms with Gasteiger partial charge in [-0.05, 0) is 170 Å². The number of nitrogens with two attached hydrogens (primary N) is 2. The van der Waals surface area contributed by atoms with Crippen molar-refractivity contribution in [3.05, 3.63) is 47.5 Å². The fourth-order valence-electron chi connectivity index (χ4n) is 14.5. The maximum absolute atomic E-state index is 10.4. The molecule has 0 amide bonds. The monoisotopic (exact) mass is 596 g/mol. The zero-order valence-electron chi connectivity index (χ0n) is 27.4. The van der Waals surface area contributed by atoms with E-state index in [0.29, 0.717) is 33.0 Å². The van der Waals surface area contributed by atoms with Gasteiger partial charge in [0.05, 0.1) is 11.4 Å². The van der Waals surface area contributed by atoms with Crippen LogP contribution in [0.4, 0.5) is 11.4 Å². The second kappa shape index (κ2) is 9.58. The number of phenolic OH excluding ortho intramolecular Hbond substituents is 2. The van der Waals surface area contributed by atoms with Crippen LogP contribution in [-0.2, 0) is 10.8 Å². The van der Waals surface area contributed by atoms with E-state index in [4.69, 9.17) is 11.5 Å². The van der Waals surface area contributed by atoms with Crippen LogP contribution in [0.1, 0.15) is 141 Å². The predicted octanol–water partition coefficient (Wildman–Crippen LogP) is 9.76. The van der Waals surface area contributed by atoms with Crippen LogP contribution in [-0.4, -0.2) is 10.2 Å². The number of hydrogen-bond acceptors (Lipinski definition) is 4. The van der Waals surface area contributed by atoms with Crippen LogP contribution < -0.4 is 11.5 Å². The quantitative estimate of drug-likeness (QED) is 0.171. The number of benzene rings is 2. The predicted molar refractivity (Wildman–Crippen MR) is 180 cm³/mol. The maximum Gasteiger partial charge on any atom is 0.138 e. The fourth-order valence-corrected chi connectivity index (χ4v) is 14.5. The van der Waals surface area contributed by atoms with Crippen LogP contribution in [0.25, 0.3) is 0 Å². The molecule has 0 radical (unpaired) electrons. The molecule has 4 nitrogen and oxygen atoms in total. The van der Waals surface area contributed by atoms with E-state index in [0.717, 1.165) is 11.8 Å². The molecule has 0 saturated heterocycles. The van der Waals surface area contributed by atoms with Gasteiger partial charge < -0.3 is 21.7 Å². The Morgan fingerprint density at radius 3 is 1.41 bits per heavy atom. The Labute approximate surface area is 265 Å². The molecule has 4 heteroatoms. The topological polar surface area (TPSA) is 92.5 Å². The summed E-state index contributed by atoms with van der Waals surface area (Å²) in [6, 6.07) is 12.6. The molecule has 2 aromatic rings. The summed E-state index contributed by atoms with van der Waals surface area (Å²) in [5, 5.41) is 20.8. The van der Waals surface area contributed by atoms with Crippen molar-refractivity contribution in [2.75, 3.05) is 11.5 Å². The first-order valence-corrected chi connectivity index (χ1v) is 18.2. The normalized spacial score (nSPS) is 43.1. The molecule has 44 heavy (non-hydrogen) atoms. The highest BCUT2D eigenvalue weighted by molar-refractivity contribution is 5.56. The van der Waals surface area contributed by atoms with Gasteiger partial charge in [-0.3, -0.25) is 0 Å². The van der Waals surface area contributed by atoms with Gasteiger partial charge in [-0.15, -0.1) is 0 Å². The zero-order chi connectivity index (χ0) is 30.6. The number of rotatable bonds is 9. The van der Waals surface area contributed by atoms with Gasteiger partial charge in [0.2, 0.25) is 0 Å². The molecule has 6 N–H and O–H groups in total. The molecule has 0 spiro atoms. The smallest absolute Gasteiger partial charge is 0.138 e. The summed E-state index contributed by atoms with van der Waals surface area (Å²) in [5.74, 6) is 2.03. The van der Waals surface area contributed by atoms with E-state index in [9.17, 15) is 10.2 Å². The van der Waals surface area contributed by atoms with Crippen LogP contribution in [0.15, 0.2) is 36.4 Å². The summed E-state index contributed by atoms with van der Waals surface area (Å²) < 4.78 is 0. The van der Waals surface area contributed by atoms with Crippen molar-refractivity contribution in [3.8, 4) is 11.5 Å². The third-order valence-electron chi connectivity index (χ3n) is 14.9. The minimum absolute atomic E-state index is 0.172. The van der Waals surface area contributed by atoms with E-state index >= 15 is 0 Å². The summed E-state index contributed by atoms with van der Waals surface area (Å²) in [5.41, 5.74) is 18.7. The molecule has 2 aromatic carbocycles. The van der Waals surface area contributed by atoms with Crippen molar-refractivity contribution in [1.82, 2.24) is 0 Å². The van der Waals surface area contributed by atoms with E-state index < -0.39 is 0 Å². The van der Waals surface area contributed by atoms with Gasteiger partial charge in [0.25, 0.3) is 0 Å². The van der Waals surface area contributed by atoms with Crippen LogP contribution in [0.2, 0.25) is 0 Å². The second-order valence-electron chi connectivity index (χ2n) is 17.9. The van der Waals surface area contributed by atoms with Crippen LogP contribution >= 0.6 is 0 Å². The average molecular weight is 597 g/mol. The largest absolute Gasteiger partial charge is 0.506 e. The van der Waals surface area contributed by atoms with Gasteiger partial charge in [0.15, 0.2) is 0 Å². The van der Waals surface area contributed by atoms with Crippen molar-refractivity contribution < 1.29 is 10.2 Å². The standard InChI is InChI=1S/C40H56N2O2/c1-3-5-11-35-15-27-17-37(21-35,29-7-9-33(43)31(41)13-29)25-39(19-27,23-35)40-20-28-16-36(24-40,12-6-4-2)22-38(18-28,26-40)30-8-10-34(44)32(42)14-30/h7-10,13-14,27-28,43-44H,3-6,11-12,15-26,41-42H2,1-2H3. The number of phenols is 2. The summed E-state index contributed by atoms with van der Waals surface area (Å²) >= 11 is 0. The summed E-state index contributed by atoms with van der Waals surface area (Å²) in [4.78, 5) is 0. The number of unbranched alkanes of at least 4 members (excludes halogenated alkanes) is 2. The summed E-state index contributed by atoms with van der Waals surface area (Å²) in [6.45, 7) is 4.74. The van der Waals surface area contributed by atoms with E-state index in [1.54, 1.807) is 0 Å². The van der Waals surface area contributed by atoms with Crippen molar-refractivity contribution in [3.63, 3.8) is 0 Å². The second-order valence-corrected chi connectivity index (χ2v) is 17.9. The number of anilines is 2. The van der Waals surface area contributed by atoms with Gasteiger partial charge in [-0.25, -0.2) is 0 Å². The van der Waals surface area contributed by atoms with Gasteiger partial charge in [0, 0.05) is 0 Å². The van der Waals surface area contributed by atoms with Crippen molar-refractivity contribution >= 4 is 11.4 Å². The molecule has 8 aliphatic rings. The van der Waals surface area contributed by atoms with E-state index in [2.05, 4.69) is 38.1 Å². The highest BCUT2D eigenvalue weighted by atomic mass is 16.3. The van der Waals surface area contributed by atoms with E-state index in [1.165, 1.54) is 127 Å². The lowest BCUT2D eigenvalue weighted by molar-refractivity contribution is -0.252. The summed E-state index contributed by atoms with van der Waals surface area (Å²) in [7, 11) is 0. The van der Waals surface area contributed by atoms with Crippen molar-refractivity contribution in [2.45, 2.75) is 140 Å². The zero-order valence-corrected chi connectivity index (χ0v) is 27.4. The molecule has 0 aromatic heterocycles. The van der Waals surface area contributed by atoms with Gasteiger partial charge in [-0.2, -0.15) is 0 Å². The Kier molecular flexibility index (Phi) is 6.33. The van der Waals surface area contributed by atoms with Gasteiger partial charge in [-0.1, -0.05) is 51.7 Å². The highest BCUT2D eigenvalue weighted by Gasteiger charge is 2.74. The maximum atomic E-state index is 10.4. The Hall–Kier alpha value is -2.36. The Morgan fingerprint density at radius 2 is 1.02 bits per heavy atom. The molecular formula is C40H56N2O2. The Bertz CT molecular complexity index is 1360. The average Bonchev–Trinajstić information content (AvgIpc) is 2.96. The third-order valence-corrected chi connectivity index (χ3v) is 14.9. The highest BCUT2D eigenvalue weighted by Crippen LogP contribution is 2.83. The molecule has 0 aliphatic heterocycles. The number of nitrogen functional groups attached to an aromatic ring is 2. The molecule has 238 valence electrons. The van der Waals surface area contributed by atoms with Crippen LogP contribution in [0, 0.1) is 33.5 Å². The van der Waals surface area contributed by atoms with Crippen molar-refractivity contribution in [2.24, 2.45) is 33.5 Å². The van der Waals surface area contributed by atoms with Crippen molar-refractivity contribution in [1.29, 1.82) is 0 Å². The van der Waals surface area contributed by atoms with Crippen LogP contribution in [0.3, 0.4) is 0 Å². The lowest BCUT2D eigenvalue weighted by Gasteiger charge is -2.78. The fraction of sp³-hybridized carbons (Fsp3) is 0.700. The molecule has 8 unspecified atom stereocenters. The Balaban J connectivity index is 1.28. The molecular weight excluding hydrogens is 540 g/mol. The van der Waals surface area contributed by atoms with Gasteiger partial charge >= 0.3 is 0 Å². The minimum atomic E-state index is 0.172.